The molecule has 0 nitrogen and oxygen atoms in total. The molecule has 98 valence electrons. The Balaban J connectivity index is 1.80. The summed E-state index contributed by atoms with van der Waals surface area (Å²) >= 11 is 6.59. The molecule has 0 saturated heterocycles. The number of hydrogen-bond acceptors (Lipinski definition) is 0. The molecule has 19 heavy (non-hydrogen) atoms. The third kappa shape index (κ3) is 2.55. The van der Waals surface area contributed by atoms with E-state index in [4.69, 9.17) is 11.6 Å². The van der Waals surface area contributed by atoms with Crippen molar-refractivity contribution in [3.05, 3.63) is 60.2 Å². The molecule has 2 unspecified atom stereocenters. The van der Waals surface area contributed by atoms with Crippen LogP contribution < -0.4 is 0 Å². The zero-order chi connectivity index (χ0) is 13.5. The Morgan fingerprint density at radius 1 is 0.947 bits per heavy atom. The van der Waals surface area contributed by atoms with Gasteiger partial charge in [0.2, 0.25) is 0 Å². The van der Waals surface area contributed by atoms with Crippen molar-refractivity contribution in [1.29, 1.82) is 0 Å². The van der Waals surface area contributed by atoms with Gasteiger partial charge in [-0.1, -0.05) is 68.4 Å². The zero-order valence-electron chi connectivity index (χ0n) is 11.4. The minimum Gasteiger partial charge on any atom is -0.117 e. The second-order valence-corrected chi connectivity index (χ2v) is 6.66. The van der Waals surface area contributed by atoms with Crippen molar-refractivity contribution in [2.24, 2.45) is 11.3 Å². The van der Waals surface area contributed by atoms with Crippen LogP contribution in [-0.2, 0) is 0 Å². The fraction of sp³-hybridized carbons (Fsp3) is 0.333. The number of rotatable bonds is 3. The molecule has 1 fully saturated rings. The first kappa shape index (κ1) is 12.7. The van der Waals surface area contributed by atoms with Crippen molar-refractivity contribution in [3.63, 3.8) is 0 Å². The zero-order valence-corrected chi connectivity index (χ0v) is 12.2. The molecular formula is C18H19Cl. The molecule has 0 bridgehead atoms. The summed E-state index contributed by atoms with van der Waals surface area (Å²) in [6.07, 6.45) is 1.24. The molecule has 0 amide bonds. The maximum atomic E-state index is 6.59. The highest BCUT2D eigenvalue weighted by Gasteiger charge is 2.49. The molecule has 0 radical (unpaired) electrons. The minimum atomic E-state index is 0.153. The quantitative estimate of drug-likeness (QED) is 0.630. The molecule has 0 heterocycles. The van der Waals surface area contributed by atoms with Gasteiger partial charge in [-0.3, -0.25) is 0 Å². The molecule has 0 spiro atoms. The van der Waals surface area contributed by atoms with E-state index in [1.165, 1.54) is 23.1 Å². The monoisotopic (exact) mass is 270 g/mol. The van der Waals surface area contributed by atoms with Gasteiger partial charge in [-0.25, -0.2) is 0 Å². The molecular weight excluding hydrogens is 252 g/mol. The van der Waals surface area contributed by atoms with Crippen LogP contribution in [0.3, 0.4) is 0 Å². The van der Waals surface area contributed by atoms with Gasteiger partial charge in [0.25, 0.3) is 0 Å². The van der Waals surface area contributed by atoms with Crippen LogP contribution in [0.25, 0.3) is 11.1 Å². The topological polar surface area (TPSA) is 0 Å². The molecule has 0 aliphatic heterocycles. The van der Waals surface area contributed by atoms with Gasteiger partial charge in [0.05, 0.1) is 5.38 Å². The largest absolute Gasteiger partial charge is 0.117 e. The van der Waals surface area contributed by atoms with Crippen LogP contribution in [0.15, 0.2) is 54.6 Å². The Labute approximate surface area is 120 Å². The molecule has 1 saturated carbocycles. The molecule has 1 heteroatoms. The number of benzene rings is 2. The van der Waals surface area contributed by atoms with E-state index >= 15 is 0 Å². The predicted molar refractivity (Wildman–Crippen MR) is 82.4 cm³/mol. The summed E-state index contributed by atoms with van der Waals surface area (Å²) in [6.45, 7) is 4.59. The minimum absolute atomic E-state index is 0.153. The lowest BCUT2D eigenvalue weighted by molar-refractivity contribution is 0.548. The van der Waals surface area contributed by atoms with E-state index in [1.807, 2.05) is 6.07 Å². The fourth-order valence-corrected chi connectivity index (χ4v) is 3.31. The van der Waals surface area contributed by atoms with Crippen molar-refractivity contribution in [2.75, 3.05) is 0 Å². The van der Waals surface area contributed by atoms with Crippen LogP contribution in [0.1, 0.15) is 31.2 Å². The van der Waals surface area contributed by atoms with Crippen molar-refractivity contribution in [1.82, 2.24) is 0 Å². The van der Waals surface area contributed by atoms with Gasteiger partial charge in [0.15, 0.2) is 0 Å². The fourth-order valence-electron chi connectivity index (χ4n) is 2.73. The van der Waals surface area contributed by atoms with Crippen molar-refractivity contribution in [2.45, 2.75) is 25.6 Å². The Bertz CT molecular complexity index is 554. The van der Waals surface area contributed by atoms with Crippen LogP contribution in [0.2, 0.25) is 0 Å². The molecule has 1 aliphatic rings. The van der Waals surface area contributed by atoms with E-state index in [-0.39, 0.29) is 5.38 Å². The summed E-state index contributed by atoms with van der Waals surface area (Å²) in [5, 5.41) is 0.153. The highest BCUT2D eigenvalue weighted by molar-refractivity contribution is 6.21. The normalized spacial score (nSPS) is 21.9. The maximum Gasteiger partial charge on any atom is 0.0618 e. The standard InChI is InChI=1S/C18H19Cl/c1-18(2)12-16(18)17(19)15-10-8-14(9-11-15)13-6-4-3-5-7-13/h3-11,16-17H,12H2,1-2H3. The molecule has 0 N–H and O–H groups in total. The summed E-state index contributed by atoms with van der Waals surface area (Å²) in [5.41, 5.74) is 4.18. The smallest absolute Gasteiger partial charge is 0.0618 e. The van der Waals surface area contributed by atoms with Gasteiger partial charge in [-0.2, -0.15) is 0 Å². The van der Waals surface area contributed by atoms with E-state index in [0.717, 1.165) is 0 Å². The predicted octanol–water partition coefficient (Wildman–Crippen LogP) is 5.68. The second-order valence-electron chi connectivity index (χ2n) is 6.19. The molecule has 0 aromatic heterocycles. The maximum absolute atomic E-state index is 6.59. The number of halogens is 1. The highest BCUT2D eigenvalue weighted by Crippen LogP contribution is 2.59. The molecule has 2 aromatic carbocycles. The van der Waals surface area contributed by atoms with E-state index < -0.39 is 0 Å². The first-order chi connectivity index (χ1) is 9.08. The van der Waals surface area contributed by atoms with Crippen molar-refractivity contribution < 1.29 is 0 Å². The third-order valence-corrected chi connectivity index (χ3v) is 4.84. The van der Waals surface area contributed by atoms with Gasteiger partial charge in [0, 0.05) is 0 Å². The second kappa shape index (κ2) is 4.68. The summed E-state index contributed by atoms with van der Waals surface area (Å²) < 4.78 is 0. The summed E-state index contributed by atoms with van der Waals surface area (Å²) in [7, 11) is 0. The van der Waals surface area contributed by atoms with Gasteiger partial charge in [0.1, 0.15) is 0 Å². The number of alkyl halides is 1. The van der Waals surface area contributed by atoms with Gasteiger partial charge >= 0.3 is 0 Å². The Morgan fingerprint density at radius 2 is 1.47 bits per heavy atom. The van der Waals surface area contributed by atoms with Crippen LogP contribution >= 0.6 is 11.6 Å². The third-order valence-electron chi connectivity index (χ3n) is 4.28. The lowest BCUT2D eigenvalue weighted by Gasteiger charge is -2.12. The van der Waals surface area contributed by atoms with Crippen LogP contribution in [-0.4, -0.2) is 0 Å². The van der Waals surface area contributed by atoms with E-state index in [0.29, 0.717) is 11.3 Å². The van der Waals surface area contributed by atoms with Crippen LogP contribution in [0.4, 0.5) is 0 Å². The van der Waals surface area contributed by atoms with Crippen molar-refractivity contribution >= 4 is 11.6 Å². The Kier molecular flexibility index (Phi) is 3.14. The van der Waals surface area contributed by atoms with Gasteiger partial charge < -0.3 is 0 Å². The number of hydrogen-bond donors (Lipinski definition) is 0. The van der Waals surface area contributed by atoms with Gasteiger partial charge in [-0.15, -0.1) is 11.6 Å². The van der Waals surface area contributed by atoms with Crippen LogP contribution in [0, 0.1) is 11.3 Å². The highest BCUT2D eigenvalue weighted by atomic mass is 35.5. The Morgan fingerprint density at radius 3 is 2.00 bits per heavy atom. The van der Waals surface area contributed by atoms with E-state index in [9.17, 15) is 0 Å². The average Bonchev–Trinajstić information content (AvgIpc) is 3.08. The average molecular weight is 271 g/mol. The first-order valence-corrected chi connectivity index (χ1v) is 7.31. The molecule has 2 atom stereocenters. The first-order valence-electron chi connectivity index (χ1n) is 6.87. The molecule has 1 aliphatic carbocycles. The van der Waals surface area contributed by atoms with Gasteiger partial charge in [-0.05, 0) is 34.4 Å². The molecule has 2 aromatic rings. The Hall–Kier alpha value is -1.27. The molecule has 3 rings (SSSR count). The van der Waals surface area contributed by atoms with E-state index in [2.05, 4.69) is 62.4 Å². The lowest BCUT2D eigenvalue weighted by Crippen LogP contribution is -1.99. The summed E-state index contributed by atoms with van der Waals surface area (Å²) in [5.74, 6) is 0.622. The lowest BCUT2D eigenvalue weighted by atomic mass is 9.99. The summed E-state index contributed by atoms with van der Waals surface area (Å²) in [6, 6.07) is 19.2. The van der Waals surface area contributed by atoms with Crippen molar-refractivity contribution in [3.8, 4) is 11.1 Å². The van der Waals surface area contributed by atoms with Crippen LogP contribution in [0.5, 0.6) is 0 Å². The van der Waals surface area contributed by atoms with E-state index in [1.54, 1.807) is 0 Å². The SMILES string of the molecule is CC1(C)CC1C(Cl)c1ccc(-c2ccccc2)cc1. The summed E-state index contributed by atoms with van der Waals surface area (Å²) in [4.78, 5) is 0.